The summed E-state index contributed by atoms with van der Waals surface area (Å²) in [5.74, 6) is 1.06. The van der Waals surface area contributed by atoms with E-state index in [1.165, 1.54) is 27.8 Å². The second-order valence-corrected chi connectivity index (χ2v) is 8.94. The van der Waals surface area contributed by atoms with Crippen LogP contribution in [-0.2, 0) is 19.3 Å². The normalized spacial score (nSPS) is 15.1. The Kier molecular flexibility index (Phi) is 5.34. The molecule has 2 aromatic heterocycles. The average molecular weight is 433 g/mol. The summed E-state index contributed by atoms with van der Waals surface area (Å²) in [6.07, 6.45) is 4.48. The van der Waals surface area contributed by atoms with E-state index < -0.39 is 0 Å². The third kappa shape index (κ3) is 3.54. The summed E-state index contributed by atoms with van der Waals surface area (Å²) in [6, 6.07) is 19.7. The Morgan fingerprint density at radius 3 is 2.58 bits per heavy atom. The molecule has 1 unspecified atom stereocenters. The lowest BCUT2D eigenvalue weighted by atomic mass is 9.92. The minimum absolute atomic E-state index is 0.109. The van der Waals surface area contributed by atoms with Crippen LogP contribution in [0.15, 0.2) is 54.6 Å². The molecule has 1 atom stereocenters. The summed E-state index contributed by atoms with van der Waals surface area (Å²) >= 11 is 0. The number of allylic oxidation sites excluding steroid dienone is 1. The molecule has 4 heteroatoms. The van der Waals surface area contributed by atoms with E-state index in [1.54, 1.807) is 6.08 Å². The second-order valence-electron chi connectivity index (χ2n) is 8.94. The van der Waals surface area contributed by atoms with E-state index in [0.717, 1.165) is 53.1 Å². The van der Waals surface area contributed by atoms with Crippen molar-refractivity contribution in [3.8, 4) is 6.07 Å². The first kappa shape index (κ1) is 21.2. The SMILES string of the molecule is CCc1nc2c(C)cc(C)nc2n1C(C)c1ccc2c(c1)CCc1ccccc1/C2=C\C#N. The van der Waals surface area contributed by atoms with Gasteiger partial charge in [0.25, 0.3) is 0 Å². The monoisotopic (exact) mass is 432 g/mol. The number of fused-ring (bicyclic) bond motifs is 3. The fourth-order valence-corrected chi connectivity index (χ4v) is 5.21. The van der Waals surface area contributed by atoms with Crippen molar-refractivity contribution in [3.63, 3.8) is 0 Å². The maximum absolute atomic E-state index is 9.49. The second kappa shape index (κ2) is 8.33. The highest BCUT2D eigenvalue weighted by Crippen LogP contribution is 2.36. The molecule has 0 N–H and O–H groups in total. The third-order valence-corrected chi connectivity index (χ3v) is 6.83. The molecule has 0 aliphatic heterocycles. The highest BCUT2D eigenvalue weighted by atomic mass is 15.1. The number of hydrogen-bond donors (Lipinski definition) is 0. The fraction of sp³-hybridized carbons (Fsp3) is 0.276. The number of imidazole rings is 1. The summed E-state index contributed by atoms with van der Waals surface area (Å²) in [4.78, 5) is 9.81. The molecule has 0 saturated heterocycles. The van der Waals surface area contributed by atoms with Crippen LogP contribution in [0.4, 0.5) is 0 Å². The molecule has 0 fully saturated rings. The number of aromatic nitrogens is 3. The molecular formula is C29H28N4. The van der Waals surface area contributed by atoms with Crippen LogP contribution in [-0.4, -0.2) is 14.5 Å². The summed E-state index contributed by atoms with van der Waals surface area (Å²) in [5, 5.41) is 9.49. The van der Waals surface area contributed by atoms with Crippen molar-refractivity contribution >= 4 is 16.7 Å². The lowest BCUT2D eigenvalue weighted by Gasteiger charge is -2.20. The molecule has 2 aromatic carbocycles. The van der Waals surface area contributed by atoms with E-state index in [1.807, 2.05) is 6.92 Å². The van der Waals surface area contributed by atoms with Gasteiger partial charge in [-0.05, 0) is 78.6 Å². The molecule has 4 aromatic rings. The zero-order chi connectivity index (χ0) is 23.1. The molecule has 2 heterocycles. The largest absolute Gasteiger partial charge is 0.305 e. The highest BCUT2D eigenvalue weighted by molar-refractivity contribution is 5.85. The maximum Gasteiger partial charge on any atom is 0.161 e. The lowest BCUT2D eigenvalue weighted by Crippen LogP contribution is -2.12. The summed E-state index contributed by atoms with van der Waals surface area (Å²) in [5.41, 5.74) is 11.3. The molecule has 1 aliphatic rings. The Labute approximate surface area is 195 Å². The quantitative estimate of drug-likeness (QED) is 0.358. The van der Waals surface area contributed by atoms with Gasteiger partial charge in [-0.2, -0.15) is 5.26 Å². The van der Waals surface area contributed by atoms with Crippen LogP contribution in [0.1, 0.15) is 64.8 Å². The molecule has 5 rings (SSSR count). The first-order valence-corrected chi connectivity index (χ1v) is 11.7. The van der Waals surface area contributed by atoms with Crippen molar-refractivity contribution in [2.75, 3.05) is 0 Å². The Balaban J connectivity index is 1.64. The lowest BCUT2D eigenvalue weighted by molar-refractivity contribution is 0.617. The van der Waals surface area contributed by atoms with Crippen LogP contribution in [0.2, 0.25) is 0 Å². The van der Waals surface area contributed by atoms with Crippen molar-refractivity contribution in [1.82, 2.24) is 14.5 Å². The van der Waals surface area contributed by atoms with Gasteiger partial charge >= 0.3 is 0 Å². The minimum Gasteiger partial charge on any atom is -0.305 e. The van der Waals surface area contributed by atoms with Gasteiger partial charge in [0.05, 0.1) is 12.1 Å². The Bertz CT molecular complexity index is 1450. The Hall–Kier alpha value is -3.71. The van der Waals surface area contributed by atoms with Gasteiger partial charge in [-0.1, -0.05) is 49.4 Å². The zero-order valence-corrected chi connectivity index (χ0v) is 19.7. The van der Waals surface area contributed by atoms with Crippen LogP contribution in [0.3, 0.4) is 0 Å². The zero-order valence-electron chi connectivity index (χ0n) is 19.7. The number of pyridine rings is 1. The molecule has 0 amide bonds. The Morgan fingerprint density at radius 2 is 1.79 bits per heavy atom. The Morgan fingerprint density at radius 1 is 1.03 bits per heavy atom. The van der Waals surface area contributed by atoms with E-state index in [9.17, 15) is 5.26 Å². The molecule has 0 spiro atoms. The smallest absolute Gasteiger partial charge is 0.161 e. The average Bonchev–Trinajstić information content (AvgIpc) is 3.12. The van der Waals surface area contributed by atoms with E-state index in [-0.39, 0.29) is 6.04 Å². The van der Waals surface area contributed by atoms with Crippen molar-refractivity contribution in [2.24, 2.45) is 0 Å². The van der Waals surface area contributed by atoms with Gasteiger partial charge in [0.1, 0.15) is 11.3 Å². The van der Waals surface area contributed by atoms with Gasteiger partial charge in [0.2, 0.25) is 0 Å². The van der Waals surface area contributed by atoms with E-state index >= 15 is 0 Å². The van der Waals surface area contributed by atoms with E-state index in [2.05, 4.69) is 79.9 Å². The van der Waals surface area contributed by atoms with Gasteiger partial charge in [0.15, 0.2) is 5.65 Å². The highest BCUT2D eigenvalue weighted by Gasteiger charge is 2.22. The number of aryl methyl sites for hydroxylation is 5. The third-order valence-electron chi connectivity index (χ3n) is 6.83. The molecule has 0 bridgehead atoms. The predicted molar refractivity (Wildman–Crippen MR) is 133 cm³/mol. The van der Waals surface area contributed by atoms with Crippen LogP contribution < -0.4 is 0 Å². The first-order valence-electron chi connectivity index (χ1n) is 11.7. The van der Waals surface area contributed by atoms with Crippen LogP contribution in [0.25, 0.3) is 16.7 Å². The maximum atomic E-state index is 9.49. The van der Waals surface area contributed by atoms with Crippen molar-refractivity contribution in [2.45, 2.75) is 53.0 Å². The number of rotatable bonds is 3. The molecule has 33 heavy (non-hydrogen) atoms. The number of nitriles is 1. The molecular weight excluding hydrogens is 404 g/mol. The molecule has 4 nitrogen and oxygen atoms in total. The van der Waals surface area contributed by atoms with Crippen LogP contribution in [0.5, 0.6) is 0 Å². The fourth-order valence-electron chi connectivity index (χ4n) is 5.21. The van der Waals surface area contributed by atoms with Gasteiger partial charge in [-0.15, -0.1) is 0 Å². The standard InChI is InChI=1S/C29H28N4/c1-5-27-32-28-18(2)16-19(3)31-29(28)33(27)20(4)22-12-13-25-23(17-22)11-10-21-8-6-7-9-24(21)26(25)14-15-30/h6-9,12-14,16-17,20H,5,10-11H2,1-4H3/b26-14+. The van der Waals surface area contributed by atoms with Gasteiger partial charge in [-0.25, -0.2) is 9.97 Å². The number of benzene rings is 2. The predicted octanol–water partition coefficient (Wildman–Crippen LogP) is 6.27. The minimum atomic E-state index is 0.109. The van der Waals surface area contributed by atoms with E-state index in [4.69, 9.17) is 9.97 Å². The van der Waals surface area contributed by atoms with Gasteiger partial charge < -0.3 is 4.57 Å². The van der Waals surface area contributed by atoms with Crippen molar-refractivity contribution in [3.05, 3.63) is 99.5 Å². The molecule has 0 saturated carbocycles. The van der Waals surface area contributed by atoms with Crippen LogP contribution >= 0.6 is 0 Å². The topological polar surface area (TPSA) is 54.5 Å². The molecule has 1 aliphatic carbocycles. The molecule has 164 valence electrons. The number of hydrogen-bond acceptors (Lipinski definition) is 3. The summed E-state index contributed by atoms with van der Waals surface area (Å²) in [6.45, 7) is 8.55. The number of nitrogens with zero attached hydrogens (tertiary/aromatic N) is 4. The molecule has 0 radical (unpaired) electrons. The van der Waals surface area contributed by atoms with Gasteiger partial charge in [0, 0.05) is 18.2 Å². The summed E-state index contributed by atoms with van der Waals surface area (Å²) < 4.78 is 2.30. The first-order chi connectivity index (χ1) is 16.0. The van der Waals surface area contributed by atoms with E-state index in [0.29, 0.717) is 0 Å². The summed E-state index contributed by atoms with van der Waals surface area (Å²) in [7, 11) is 0. The van der Waals surface area contributed by atoms with Crippen molar-refractivity contribution < 1.29 is 0 Å². The van der Waals surface area contributed by atoms with Crippen molar-refractivity contribution in [1.29, 1.82) is 5.26 Å². The van der Waals surface area contributed by atoms with Gasteiger partial charge in [-0.3, -0.25) is 0 Å². The van der Waals surface area contributed by atoms with Crippen LogP contribution in [0, 0.1) is 25.2 Å².